The van der Waals surface area contributed by atoms with Gasteiger partial charge < -0.3 is 14.4 Å². The number of esters is 1. The SMILES string of the molecule is CCOC(=O)C1CCN(C(=O)COc2ccc(-c3ccc(C#N)cc3)cc2)CC1. The average molecular weight is 392 g/mol. The second kappa shape index (κ2) is 9.74. The lowest BCUT2D eigenvalue weighted by atomic mass is 9.97. The number of likely N-dealkylation sites (tertiary alicyclic amines) is 1. The summed E-state index contributed by atoms with van der Waals surface area (Å²) in [6, 6.07) is 17.0. The van der Waals surface area contributed by atoms with E-state index >= 15 is 0 Å². The third-order valence-corrected chi connectivity index (χ3v) is 5.03. The Hall–Kier alpha value is -3.33. The molecule has 2 aromatic rings. The van der Waals surface area contributed by atoms with Gasteiger partial charge in [0.2, 0.25) is 0 Å². The topological polar surface area (TPSA) is 79.6 Å². The largest absolute Gasteiger partial charge is 0.484 e. The highest BCUT2D eigenvalue weighted by atomic mass is 16.5. The Morgan fingerprint density at radius 3 is 2.17 bits per heavy atom. The molecule has 6 heteroatoms. The molecule has 0 aliphatic carbocycles. The average Bonchev–Trinajstić information content (AvgIpc) is 2.78. The highest BCUT2D eigenvalue weighted by molar-refractivity contribution is 5.78. The van der Waals surface area contributed by atoms with Crippen molar-refractivity contribution in [3.05, 3.63) is 54.1 Å². The quantitative estimate of drug-likeness (QED) is 0.704. The van der Waals surface area contributed by atoms with Crippen LogP contribution in [0.25, 0.3) is 11.1 Å². The molecule has 1 fully saturated rings. The van der Waals surface area contributed by atoms with Gasteiger partial charge in [0, 0.05) is 13.1 Å². The van der Waals surface area contributed by atoms with Gasteiger partial charge in [0.15, 0.2) is 6.61 Å². The standard InChI is InChI=1S/C23H24N2O4/c1-2-28-23(27)20-11-13-25(14-12-20)22(26)16-29-21-9-7-19(8-10-21)18-5-3-17(15-24)4-6-18/h3-10,20H,2,11-14,16H2,1H3. The smallest absolute Gasteiger partial charge is 0.309 e. The second-order valence-electron chi connectivity index (χ2n) is 6.91. The van der Waals surface area contributed by atoms with Crippen LogP contribution in [0, 0.1) is 17.2 Å². The molecule has 0 N–H and O–H groups in total. The van der Waals surface area contributed by atoms with Crippen molar-refractivity contribution in [1.29, 1.82) is 5.26 Å². The van der Waals surface area contributed by atoms with Crippen molar-refractivity contribution in [3.63, 3.8) is 0 Å². The maximum absolute atomic E-state index is 12.4. The summed E-state index contributed by atoms with van der Waals surface area (Å²) in [4.78, 5) is 25.9. The van der Waals surface area contributed by atoms with E-state index in [2.05, 4.69) is 6.07 Å². The van der Waals surface area contributed by atoms with Crippen LogP contribution in [0.1, 0.15) is 25.3 Å². The molecule has 0 atom stereocenters. The van der Waals surface area contributed by atoms with E-state index in [1.807, 2.05) is 36.4 Å². The first-order valence-electron chi connectivity index (χ1n) is 9.78. The molecule has 1 amide bonds. The molecule has 0 aromatic heterocycles. The highest BCUT2D eigenvalue weighted by Gasteiger charge is 2.28. The molecule has 2 aromatic carbocycles. The van der Waals surface area contributed by atoms with Crippen molar-refractivity contribution >= 4 is 11.9 Å². The summed E-state index contributed by atoms with van der Waals surface area (Å²) in [5.74, 6) is 0.258. The van der Waals surface area contributed by atoms with E-state index in [-0.39, 0.29) is 24.4 Å². The Morgan fingerprint density at radius 1 is 1.03 bits per heavy atom. The van der Waals surface area contributed by atoms with Crippen molar-refractivity contribution < 1.29 is 19.1 Å². The molecule has 1 heterocycles. The van der Waals surface area contributed by atoms with Gasteiger partial charge in [-0.15, -0.1) is 0 Å². The van der Waals surface area contributed by atoms with Gasteiger partial charge in [0.05, 0.1) is 24.2 Å². The van der Waals surface area contributed by atoms with Crippen LogP contribution in [0.3, 0.4) is 0 Å². The maximum atomic E-state index is 12.4. The van der Waals surface area contributed by atoms with Gasteiger partial charge in [-0.2, -0.15) is 5.26 Å². The van der Waals surface area contributed by atoms with E-state index in [4.69, 9.17) is 14.7 Å². The molecule has 3 rings (SSSR count). The number of nitriles is 1. The van der Waals surface area contributed by atoms with Gasteiger partial charge in [-0.05, 0) is 55.2 Å². The number of benzene rings is 2. The van der Waals surface area contributed by atoms with E-state index in [0.717, 1.165) is 11.1 Å². The minimum atomic E-state index is -0.168. The summed E-state index contributed by atoms with van der Waals surface area (Å²) in [5.41, 5.74) is 2.64. The van der Waals surface area contributed by atoms with Gasteiger partial charge in [0.1, 0.15) is 5.75 Å². The maximum Gasteiger partial charge on any atom is 0.309 e. The molecule has 150 valence electrons. The lowest BCUT2D eigenvalue weighted by Crippen LogP contribution is -2.42. The lowest BCUT2D eigenvalue weighted by Gasteiger charge is -2.30. The van der Waals surface area contributed by atoms with Crippen LogP contribution in [0.2, 0.25) is 0 Å². The zero-order valence-corrected chi connectivity index (χ0v) is 16.5. The number of rotatable bonds is 6. The Bertz CT molecular complexity index is 877. The molecular weight excluding hydrogens is 368 g/mol. The van der Waals surface area contributed by atoms with Crippen LogP contribution < -0.4 is 4.74 Å². The number of carbonyl (C=O) groups excluding carboxylic acids is 2. The summed E-state index contributed by atoms with van der Waals surface area (Å²) in [6.07, 6.45) is 1.26. The van der Waals surface area contributed by atoms with Crippen molar-refractivity contribution in [2.45, 2.75) is 19.8 Å². The molecule has 0 spiro atoms. The first-order chi connectivity index (χ1) is 14.1. The van der Waals surface area contributed by atoms with Crippen molar-refractivity contribution in [2.75, 3.05) is 26.3 Å². The first kappa shape index (κ1) is 20.4. The molecule has 0 radical (unpaired) electrons. The van der Waals surface area contributed by atoms with Crippen LogP contribution in [0.4, 0.5) is 0 Å². The Kier molecular flexibility index (Phi) is 6.85. The van der Waals surface area contributed by atoms with Crippen molar-refractivity contribution in [1.82, 2.24) is 4.90 Å². The number of hydrogen-bond donors (Lipinski definition) is 0. The number of amides is 1. The van der Waals surface area contributed by atoms with Crippen LogP contribution in [0.15, 0.2) is 48.5 Å². The number of nitrogens with zero attached hydrogens (tertiary/aromatic N) is 2. The van der Waals surface area contributed by atoms with E-state index < -0.39 is 0 Å². The summed E-state index contributed by atoms with van der Waals surface area (Å²) < 4.78 is 10.7. The Balaban J connectivity index is 1.48. The van der Waals surface area contributed by atoms with Gasteiger partial charge >= 0.3 is 5.97 Å². The zero-order chi connectivity index (χ0) is 20.6. The minimum absolute atomic E-state index is 0.0275. The van der Waals surface area contributed by atoms with Gasteiger partial charge in [-0.25, -0.2) is 0 Å². The third kappa shape index (κ3) is 5.35. The number of carbonyl (C=O) groups is 2. The summed E-state index contributed by atoms with van der Waals surface area (Å²) >= 11 is 0. The van der Waals surface area contributed by atoms with Gasteiger partial charge in [-0.3, -0.25) is 9.59 Å². The van der Waals surface area contributed by atoms with Crippen LogP contribution in [-0.2, 0) is 14.3 Å². The predicted molar refractivity (Wildman–Crippen MR) is 108 cm³/mol. The summed E-state index contributed by atoms with van der Waals surface area (Å²) in [6.45, 7) is 3.24. The fourth-order valence-electron chi connectivity index (χ4n) is 3.34. The second-order valence-corrected chi connectivity index (χ2v) is 6.91. The fraction of sp³-hybridized carbons (Fsp3) is 0.348. The predicted octanol–water partition coefficient (Wildman–Crippen LogP) is 3.41. The van der Waals surface area contributed by atoms with E-state index in [9.17, 15) is 9.59 Å². The molecule has 1 saturated heterocycles. The van der Waals surface area contributed by atoms with Crippen molar-refractivity contribution in [2.24, 2.45) is 5.92 Å². The monoisotopic (exact) mass is 392 g/mol. The normalized spacial score (nSPS) is 14.1. The third-order valence-electron chi connectivity index (χ3n) is 5.03. The van der Waals surface area contributed by atoms with Gasteiger partial charge in [0.25, 0.3) is 5.91 Å². The van der Waals surface area contributed by atoms with E-state index in [0.29, 0.717) is 43.9 Å². The highest BCUT2D eigenvalue weighted by Crippen LogP contribution is 2.23. The number of hydrogen-bond acceptors (Lipinski definition) is 5. The van der Waals surface area contributed by atoms with Crippen molar-refractivity contribution in [3.8, 4) is 22.9 Å². The van der Waals surface area contributed by atoms with Gasteiger partial charge in [-0.1, -0.05) is 24.3 Å². The summed E-state index contributed by atoms with van der Waals surface area (Å²) in [7, 11) is 0. The van der Waals surface area contributed by atoms with Crippen LogP contribution in [0.5, 0.6) is 5.75 Å². The molecular formula is C23H24N2O4. The molecule has 0 unspecified atom stereocenters. The fourth-order valence-corrected chi connectivity index (χ4v) is 3.34. The van der Waals surface area contributed by atoms with Crippen LogP contribution in [-0.4, -0.2) is 43.1 Å². The Morgan fingerprint density at radius 2 is 1.62 bits per heavy atom. The lowest BCUT2D eigenvalue weighted by molar-refractivity contribution is -0.151. The molecule has 1 aliphatic rings. The number of ether oxygens (including phenoxy) is 2. The van der Waals surface area contributed by atoms with E-state index in [1.54, 1.807) is 24.0 Å². The number of piperidine rings is 1. The Labute approximate surface area is 170 Å². The molecule has 0 saturated carbocycles. The molecule has 0 bridgehead atoms. The molecule has 1 aliphatic heterocycles. The first-order valence-corrected chi connectivity index (χ1v) is 9.78. The minimum Gasteiger partial charge on any atom is -0.484 e. The zero-order valence-electron chi connectivity index (χ0n) is 16.5. The van der Waals surface area contributed by atoms with Crippen LogP contribution >= 0.6 is 0 Å². The van der Waals surface area contributed by atoms with E-state index in [1.165, 1.54) is 0 Å². The molecule has 29 heavy (non-hydrogen) atoms. The summed E-state index contributed by atoms with van der Waals surface area (Å²) in [5, 5.41) is 8.87. The molecule has 6 nitrogen and oxygen atoms in total.